The molecule has 4 heteroatoms. The predicted octanol–water partition coefficient (Wildman–Crippen LogP) is 4.63. The topological polar surface area (TPSA) is 42.2 Å². The number of aromatic nitrogens is 3. The van der Waals surface area contributed by atoms with Gasteiger partial charge >= 0.3 is 0 Å². The number of hydrogen-bond donors (Lipinski definition) is 1. The van der Waals surface area contributed by atoms with Crippen LogP contribution in [-0.2, 0) is 6.54 Å². The number of anilines is 1. The molecule has 0 bridgehead atoms. The van der Waals surface area contributed by atoms with Crippen molar-refractivity contribution in [1.29, 1.82) is 0 Å². The Kier molecular flexibility index (Phi) is 3.94. The fraction of sp³-hybridized carbons (Fsp3) is 0.143. The summed E-state index contributed by atoms with van der Waals surface area (Å²) in [6.07, 6.45) is 1.89. The van der Waals surface area contributed by atoms with E-state index in [1.807, 2.05) is 41.9 Å². The van der Waals surface area contributed by atoms with Gasteiger partial charge in [-0.25, -0.2) is 4.98 Å². The molecule has 2 heterocycles. The normalized spacial score (nSPS) is 11.0. The van der Waals surface area contributed by atoms with Gasteiger partial charge in [-0.15, -0.1) is 0 Å². The van der Waals surface area contributed by atoms with Crippen LogP contribution in [0.25, 0.3) is 16.8 Å². The highest BCUT2D eigenvalue weighted by Gasteiger charge is 2.12. The smallest absolute Gasteiger partial charge is 0.165 e. The second kappa shape index (κ2) is 6.40. The van der Waals surface area contributed by atoms with E-state index >= 15 is 0 Å². The van der Waals surface area contributed by atoms with Crippen LogP contribution in [0.3, 0.4) is 0 Å². The van der Waals surface area contributed by atoms with Crippen molar-refractivity contribution in [3.8, 4) is 11.1 Å². The first-order chi connectivity index (χ1) is 12.2. The number of hydrogen-bond acceptors (Lipinski definition) is 3. The molecule has 0 aliphatic heterocycles. The van der Waals surface area contributed by atoms with Crippen molar-refractivity contribution in [2.24, 2.45) is 0 Å². The van der Waals surface area contributed by atoms with Gasteiger partial charge in [0, 0.05) is 23.9 Å². The summed E-state index contributed by atoms with van der Waals surface area (Å²) in [5.74, 6) is 0.949. The Bertz CT molecular complexity index is 1000. The third kappa shape index (κ3) is 3.11. The van der Waals surface area contributed by atoms with E-state index in [4.69, 9.17) is 4.98 Å². The summed E-state index contributed by atoms with van der Waals surface area (Å²) < 4.78 is 1.88. The summed E-state index contributed by atoms with van der Waals surface area (Å²) in [7, 11) is 0. The predicted molar refractivity (Wildman–Crippen MR) is 102 cm³/mol. The molecule has 2 aromatic carbocycles. The molecule has 0 atom stereocenters. The lowest BCUT2D eigenvalue weighted by atomic mass is 10.1. The zero-order valence-electron chi connectivity index (χ0n) is 14.4. The van der Waals surface area contributed by atoms with E-state index in [1.165, 1.54) is 11.1 Å². The lowest BCUT2D eigenvalue weighted by Crippen LogP contribution is -2.06. The van der Waals surface area contributed by atoms with E-state index < -0.39 is 0 Å². The molecule has 0 spiro atoms. The lowest BCUT2D eigenvalue weighted by molar-refractivity contribution is 0.917. The first-order valence-electron chi connectivity index (χ1n) is 8.41. The fourth-order valence-corrected chi connectivity index (χ4v) is 2.94. The molecule has 0 unspecified atom stereocenters. The highest BCUT2D eigenvalue weighted by Crippen LogP contribution is 2.26. The number of nitrogens with one attached hydrogen (secondary N) is 1. The van der Waals surface area contributed by atoms with E-state index in [0.29, 0.717) is 0 Å². The van der Waals surface area contributed by atoms with E-state index in [0.717, 1.165) is 34.8 Å². The van der Waals surface area contributed by atoms with E-state index in [9.17, 15) is 0 Å². The van der Waals surface area contributed by atoms with E-state index in [2.05, 4.69) is 53.7 Å². The van der Waals surface area contributed by atoms with Gasteiger partial charge < -0.3 is 5.32 Å². The average molecular weight is 328 g/mol. The second-order valence-electron chi connectivity index (χ2n) is 6.28. The maximum absolute atomic E-state index is 4.71. The molecule has 25 heavy (non-hydrogen) atoms. The molecule has 0 fully saturated rings. The van der Waals surface area contributed by atoms with Crippen molar-refractivity contribution in [2.45, 2.75) is 20.4 Å². The zero-order chi connectivity index (χ0) is 17.2. The quantitative estimate of drug-likeness (QED) is 0.594. The molecule has 0 aliphatic carbocycles. The van der Waals surface area contributed by atoms with Crippen LogP contribution in [0.1, 0.15) is 16.8 Å². The standard InChI is InChI=1S/C21H20N4/c1-15-8-10-18(11-9-15)19-14-23-25-20(12-16(2)24-21(19)25)22-13-17-6-4-3-5-7-17/h3-12,14,22H,13H2,1-2H3. The SMILES string of the molecule is Cc1ccc(-c2cnn3c(NCc4ccccc4)cc(C)nc23)cc1. The third-order valence-corrected chi connectivity index (χ3v) is 4.28. The van der Waals surface area contributed by atoms with Crippen LogP contribution in [0.2, 0.25) is 0 Å². The Morgan fingerprint density at radius 1 is 0.960 bits per heavy atom. The zero-order valence-corrected chi connectivity index (χ0v) is 14.4. The van der Waals surface area contributed by atoms with E-state index in [-0.39, 0.29) is 0 Å². The van der Waals surface area contributed by atoms with Gasteiger partial charge in [0.25, 0.3) is 0 Å². The Morgan fingerprint density at radius 2 is 1.72 bits per heavy atom. The molecule has 4 nitrogen and oxygen atoms in total. The monoisotopic (exact) mass is 328 g/mol. The lowest BCUT2D eigenvalue weighted by Gasteiger charge is -2.10. The molecule has 4 aromatic rings. The molecular formula is C21H20N4. The van der Waals surface area contributed by atoms with Gasteiger partial charge in [-0.05, 0) is 25.0 Å². The molecule has 124 valence electrons. The minimum atomic E-state index is 0.749. The summed E-state index contributed by atoms with van der Waals surface area (Å²) in [5, 5.41) is 8.04. The maximum Gasteiger partial charge on any atom is 0.165 e. The Morgan fingerprint density at radius 3 is 2.48 bits per heavy atom. The van der Waals surface area contributed by atoms with Gasteiger partial charge in [-0.2, -0.15) is 9.61 Å². The molecule has 0 saturated carbocycles. The maximum atomic E-state index is 4.71. The highest BCUT2D eigenvalue weighted by molar-refractivity contribution is 5.78. The molecule has 0 amide bonds. The summed E-state index contributed by atoms with van der Waals surface area (Å²) >= 11 is 0. The van der Waals surface area contributed by atoms with Gasteiger partial charge in [0.05, 0.1) is 6.20 Å². The third-order valence-electron chi connectivity index (χ3n) is 4.28. The molecule has 0 aliphatic rings. The highest BCUT2D eigenvalue weighted by atomic mass is 15.3. The van der Waals surface area contributed by atoms with Crippen LogP contribution in [0.5, 0.6) is 0 Å². The van der Waals surface area contributed by atoms with Crippen LogP contribution in [0, 0.1) is 13.8 Å². The number of fused-ring (bicyclic) bond motifs is 1. The summed E-state index contributed by atoms with van der Waals surface area (Å²) in [6, 6.07) is 20.8. The Balaban J connectivity index is 1.72. The first kappa shape index (κ1) is 15.4. The minimum absolute atomic E-state index is 0.749. The number of nitrogens with zero attached hydrogens (tertiary/aromatic N) is 3. The van der Waals surface area contributed by atoms with Crippen molar-refractivity contribution < 1.29 is 0 Å². The fourth-order valence-electron chi connectivity index (χ4n) is 2.94. The molecule has 2 aromatic heterocycles. The van der Waals surface area contributed by atoms with Gasteiger partial charge in [0.15, 0.2) is 5.65 Å². The molecule has 0 saturated heterocycles. The van der Waals surface area contributed by atoms with Gasteiger partial charge in [-0.3, -0.25) is 0 Å². The molecule has 4 rings (SSSR count). The van der Waals surface area contributed by atoms with Crippen molar-refractivity contribution >= 4 is 11.5 Å². The number of rotatable bonds is 4. The Hall–Kier alpha value is -3.14. The van der Waals surface area contributed by atoms with Gasteiger partial charge in [-0.1, -0.05) is 60.2 Å². The minimum Gasteiger partial charge on any atom is -0.366 e. The van der Waals surface area contributed by atoms with Crippen LogP contribution >= 0.6 is 0 Å². The average Bonchev–Trinajstić information content (AvgIpc) is 3.05. The largest absolute Gasteiger partial charge is 0.366 e. The van der Waals surface area contributed by atoms with Crippen LogP contribution < -0.4 is 5.32 Å². The second-order valence-corrected chi connectivity index (χ2v) is 6.28. The van der Waals surface area contributed by atoms with Crippen molar-refractivity contribution in [2.75, 3.05) is 5.32 Å². The van der Waals surface area contributed by atoms with Crippen molar-refractivity contribution in [3.05, 3.63) is 83.7 Å². The first-order valence-corrected chi connectivity index (χ1v) is 8.41. The Labute approximate surface area is 147 Å². The summed E-state index contributed by atoms with van der Waals surface area (Å²) in [6.45, 7) is 4.85. The van der Waals surface area contributed by atoms with Crippen molar-refractivity contribution in [3.63, 3.8) is 0 Å². The van der Waals surface area contributed by atoms with Crippen LogP contribution in [-0.4, -0.2) is 14.6 Å². The molecule has 0 radical (unpaired) electrons. The summed E-state index contributed by atoms with van der Waals surface area (Å²) in [5.41, 5.74) is 6.50. The number of aryl methyl sites for hydroxylation is 2. The van der Waals surface area contributed by atoms with E-state index in [1.54, 1.807) is 0 Å². The summed E-state index contributed by atoms with van der Waals surface area (Å²) in [4.78, 5) is 4.71. The molecule has 1 N–H and O–H groups in total. The van der Waals surface area contributed by atoms with Gasteiger partial charge in [0.1, 0.15) is 5.82 Å². The number of benzene rings is 2. The van der Waals surface area contributed by atoms with Crippen molar-refractivity contribution in [1.82, 2.24) is 14.6 Å². The molecular weight excluding hydrogens is 308 g/mol. The van der Waals surface area contributed by atoms with Crippen LogP contribution in [0.4, 0.5) is 5.82 Å². The van der Waals surface area contributed by atoms with Crippen LogP contribution in [0.15, 0.2) is 66.9 Å². The van der Waals surface area contributed by atoms with Gasteiger partial charge in [0.2, 0.25) is 0 Å².